The molecule has 2 atom stereocenters. The first-order valence-electron chi connectivity index (χ1n) is 4.87. The lowest BCUT2D eigenvalue weighted by atomic mass is 10.1. The standard InChI is InChI=1S/C11H15F2NO/c1-7(15)6-14-8(2)10-5-9(12)3-4-11(10)13/h3-5,7-8,14-15H,6H2,1-2H3/t7-,8+/m0/s1. The quantitative estimate of drug-likeness (QED) is 0.805. The van der Waals surface area contributed by atoms with Crippen LogP contribution in [0.1, 0.15) is 25.5 Å². The maximum Gasteiger partial charge on any atom is 0.128 e. The third-order valence-electron chi connectivity index (χ3n) is 2.14. The van der Waals surface area contributed by atoms with Gasteiger partial charge in [-0.1, -0.05) is 0 Å². The maximum absolute atomic E-state index is 13.3. The number of nitrogens with one attached hydrogen (secondary N) is 1. The van der Waals surface area contributed by atoms with Crippen molar-refractivity contribution in [3.63, 3.8) is 0 Å². The molecule has 0 radical (unpaired) electrons. The molecule has 2 N–H and O–H groups in total. The van der Waals surface area contributed by atoms with Gasteiger partial charge in [0, 0.05) is 18.2 Å². The van der Waals surface area contributed by atoms with Crippen LogP contribution in [0.4, 0.5) is 8.78 Å². The van der Waals surface area contributed by atoms with Crippen LogP contribution < -0.4 is 5.32 Å². The van der Waals surface area contributed by atoms with E-state index in [1.54, 1.807) is 13.8 Å². The van der Waals surface area contributed by atoms with Gasteiger partial charge in [-0.05, 0) is 32.0 Å². The van der Waals surface area contributed by atoms with Gasteiger partial charge in [-0.15, -0.1) is 0 Å². The molecule has 0 saturated heterocycles. The van der Waals surface area contributed by atoms with Crippen molar-refractivity contribution in [3.8, 4) is 0 Å². The van der Waals surface area contributed by atoms with Crippen LogP contribution >= 0.6 is 0 Å². The summed E-state index contributed by atoms with van der Waals surface area (Å²) in [4.78, 5) is 0. The zero-order chi connectivity index (χ0) is 11.4. The second kappa shape index (κ2) is 5.19. The van der Waals surface area contributed by atoms with Crippen LogP contribution in [0.15, 0.2) is 18.2 Å². The van der Waals surface area contributed by atoms with Crippen molar-refractivity contribution in [2.75, 3.05) is 6.54 Å². The summed E-state index contributed by atoms with van der Waals surface area (Å²) in [6.07, 6.45) is -0.510. The number of hydrogen-bond acceptors (Lipinski definition) is 2. The topological polar surface area (TPSA) is 32.3 Å². The molecule has 0 aliphatic carbocycles. The molecule has 0 amide bonds. The van der Waals surface area contributed by atoms with Gasteiger partial charge in [0.05, 0.1) is 6.10 Å². The normalized spacial score (nSPS) is 15.0. The van der Waals surface area contributed by atoms with Gasteiger partial charge in [0.2, 0.25) is 0 Å². The highest BCUT2D eigenvalue weighted by molar-refractivity contribution is 5.21. The summed E-state index contributed by atoms with van der Waals surface area (Å²) in [6.45, 7) is 3.69. The average molecular weight is 215 g/mol. The van der Waals surface area contributed by atoms with Crippen LogP contribution in [0.5, 0.6) is 0 Å². The molecule has 84 valence electrons. The van der Waals surface area contributed by atoms with Crippen molar-refractivity contribution in [2.24, 2.45) is 0 Å². The van der Waals surface area contributed by atoms with Crippen LogP contribution in [0.2, 0.25) is 0 Å². The maximum atomic E-state index is 13.3. The molecule has 0 aliphatic rings. The van der Waals surface area contributed by atoms with Gasteiger partial charge in [0.15, 0.2) is 0 Å². The molecule has 1 aromatic carbocycles. The highest BCUT2D eigenvalue weighted by atomic mass is 19.1. The van der Waals surface area contributed by atoms with Gasteiger partial charge in [-0.25, -0.2) is 8.78 Å². The van der Waals surface area contributed by atoms with Crippen LogP contribution in [-0.2, 0) is 0 Å². The molecule has 4 heteroatoms. The van der Waals surface area contributed by atoms with E-state index in [4.69, 9.17) is 5.11 Å². The van der Waals surface area contributed by atoms with Crippen LogP contribution in [-0.4, -0.2) is 17.8 Å². The minimum Gasteiger partial charge on any atom is -0.392 e. The van der Waals surface area contributed by atoms with Crippen LogP contribution in [0.25, 0.3) is 0 Å². The first-order chi connectivity index (χ1) is 7.00. The Bertz CT molecular complexity index is 328. The largest absolute Gasteiger partial charge is 0.392 e. The first kappa shape index (κ1) is 12.1. The smallest absolute Gasteiger partial charge is 0.128 e. The molecule has 2 nitrogen and oxygen atoms in total. The summed E-state index contributed by atoms with van der Waals surface area (Å²) < 4.78 is 26.1. The van der Waals surface area contributed by atoms with Gasteiger partial charge in [0.1, 0.15) is 11.6 Å². The second-order valence-corrected chi connectivity index (χ2v) is 3.64. The van der Waals surface area contributed by atoms with Gasteiger partial charge in [-0.3, -0.25) is 0 Å². The van der Waals surface area contributed by atoms with Crippen molar-refractivity contribution in [1.82, 2.24) is 5.32 Å². The van der Waals surface area contributed by atoms with E-state index in [0.717, 1.165) is 18.2 Å². The predicted molar refractivity (Wildman–Crippen MR) is 54.5 cm³/mol. The lowest BCUT2D eigenvalue weighted by molar-refractivity contribution is 0.187. The third kappa shape index (κ3) is 3.57. The molecule has 1 aromatic rings. The highest BCUT2D eigenvalue weighted by Gasteiger charge is 2.11. The van der Waals surface area contributed by atoms with Crippen molar-refractivity contribution in [3.05, 3.63) is 35.4 Å². The zero-order valence-corrected chi connectivity index (χ0v) is 8.80. The van der Waals surface area contributed by atoms with E-state index < -0.39 is 17.7 Å². The first-order valence-corrected chi connectivity index (χ1v) is 4.87. The molecule has 0 fully saturated rings. The minimum atomic E-state index is -0.510. The summed E-state index contributed by atoms with van der Waals surface area (Å²) in [5.41, 5.74) is 0.274. The van der Waals surface area contributed by atoms with Crippen molar-refractivity contribution >= 4 is 0 Å². The van der Waals surface area contributed by atoms with Crippen molar-refractivity contribution < 1.29 is 13.9 Å². The van der Waals surface area contributed by atoms with Gasteiger partial charge >= 0.3 is 0 Å². The second-order valence-electron chi connectivity index (χ2n) is 3.64. The molecule has 0 aromatic heterocycles. The van der Waals surface area contributed by atoms with E-state index in [-0.39, 0.29) is 11.6 Å². The van der Waals surface area contributed by atoms with E-state index in [0.29, 0.717) is 6.54 Å². The molecule has 0 spiro atoms. The van der Waals surface area contributed by atoms with Crippen LogP contribution in [0.3, 0.4) is 0 Å². The summed E-state index contributed by atoms with van der Waals surface area (Å²) in [5, 5.41) is 12.0. The molecule has 15 heavy (non-hydrogen) atoms. The van der Waals surface area contributed by atoms with E-state index in [1.807, 2.05) is 0 Å². The zero-order valence-electron chi connectivity index (χ0n) is 8.80. The number of aliphatic hydroxyl groups is 1. The molecule has 0 aliphatic heterocycles. The summed E-state index contributed by atoms with van der Waals surface area (Å²) in [7, 11) is 0. The van der Waals surface area contributed by atoms with Gasteiger partial charge in [0.25, 0.3) is 0 Å². The summed E-state index contributed by atoms with van der Waals surface area (Å²) in [6, 6.07) is 3.02. The third-order valence-corrected chi connectivity index (χ3v) is 2.14. The van der Waals surface area contributed by atoms with E-state index >= 15 is 0 Å². The molecule has 0 bridgehead atoms. The monoisotopic (exact) mass is 215 g/mol. The van der Waals surface area contributed by atoms with Crippen molar-refractivity contribution in [1.29, 1.82) is 0 Å². The van der Waals surface area contributed by atoms with E-state index in [1.165, 1.54) is 0 Å². The number of aliphatic hydroxyl groups excluding tert-OH is 1. The fourth-order valence-electron chi connectivity index (χ4n) is 1.30. The lowest BCUT2D eigenvalue weighted by Crippen LogP contribution is -2.27. The minimum absolute atomic E-state index is 0.274. The molecule has 0 heterocycles. The Balaban J connectivity index is 2.72. The molecule has 1 rings (SSSR count). The lowest BCUT2D eigenvalue weighted by Gasteiger charge is -2.16. The molecular formula is C11H15F2NO. The Kier molecular flexibility index (Phi) is 4.17. The number of benzene rings is 1. The molecular weight excluding hydrogens is 200 g/mol. The fourth-order valence-corrected chi connectivity index (χ4v) is 1.30. The van der Waals surface area contributed by atoms with Crippen LogP contribution in [0, 0.1) is 11.6 Å². The highest BCUT2D eigenvalue weighted by Crippen LogP contribution is 2.17. The van der Waals surface area contributed by atoms with E-state index in [9.17, 15) is 8.78 Å². The number of rotatable bonds is 4. The Labute approximate surface area is 87.9 Å². The predicted octanol–water partition coefficient (Wildman–Crippen LogP) is 2.00. The van der Waals surface area contributed by atoms with Crippen molar-refractivity contribution in [2.45, 2.75) is 26.0 Å². The fraction of sp³-hybridized carbons (Fsp3) is 0.455. The average Bonchev–Trinajstić information content (AvgIpc) is 2.18. The SMILES string of the molecule is C[C@H](O)CN[C@H](C)c1cc(F)ccc1F. The molecule has 0 saturated carbocycles. The summed E-state index contributed by atoms with van der Waals surface area (Å²) in [5.74, 6) is -0.904. The Morgan fingerprint density at radius 2 is 2.00 bits per heavy atom. The Morgan fingerprint density at radius 3 is 2.60 bits per heavy atom. The number of halogens is 2. The Hall–Kier alpha value is -1.00. The number of hydrogen-bond donors (Lipinski definition) is 2. The van der Waals surface area contributed by atoms with E-state index in [2.05, 4.69) is 5.32 Å². The van der Waals surface area contributed by atoms with Gasteiger partial charge < -0.3 is 10.4 Å². The summed E-state index contributed by atoms with van der Waals surface area (Å²) >= 11 is 0. The van der Waals surface area contributed by atoms with Gasteiger partial charge in [-0.2, -0.15) is 0 Å². The Morgan fingerprint density at radius 1 is 1.33 bits per heavy atom. The molecule has 0 unspecified atom stereocenters.